The summed E-state index contributed by atoms with van der Waals surface area (Å²) in [6.07, 6.45) is 0. The zero-order valence-electron chi connectivity index (χ0n) is 10.5. The molecule has 0 aliphatic heterocycles. The summed E-state index contributed by atoms with van der Waals surface area (Å²) < 4.78 is 33.0. The van der Waals surface area contributed by atoms with Crippen molar-refractivity contribution in [1.29, 1.82) is 0 Å². The van der Waals surface area contributed by atoms with Crippen molar-refractivity contribution >= 4 is 43.0 Å². The fourth-order valence-electron chi connectivity index (χ4n) is 1.64. The Bertz CT molecular complexity index is 712. The number of hydrogen-bond acceptors (Lipinski definition) is 5. The van der Waals surface area contributed by atoms with Gasteiger partial charge in [0.25, 0.3) is 10.0 Å². The number of anilines is 1. The van der Waals surface area contributed by atoms with Crippen LogP contribution in [0.2, 0.25) is 0 Å². The molecule has 1 aromatic heterocycles. The van der Waals surface area contributed by atoms with Gasteiger partial charge in [-0.25, -0.2) is 8.42 Å². The number of aliphatic hydroxyl groups excluding tert-OH is 1. The summed E-state index contributed by atoms with van der Waals surface area (Å²) in [5.41, 5.74) is 0.331. The van der Waals surface area contributed by atoms with Crippen LogP contribution in [0.15, 0.2) is 39.0 Å². The molecule has 0 atom stereocenters. The third-order valence-corrected chi connectivity index (χ3v) is 5.52. The first-order chi connectivity index (χ1) is 9.47. The molecule has 2 rings (SSSR count). The van der Waals surface area contributed by atoms with Crippen LogP contribution in [0.1, 0.15) is 4.88 Å². The number of methoxy groups -OCH3 is 1. The van der Waals surface area contributed by atoms with Crippen LogP contribution in [-0.2, 0) is 16.6 Å². The first-order valence-corrected chi connectivity index (χ1v) is 8.67. The minimum Gasteiger partial charge on any atom is -0.495 e. The van der Waals surface area contributed by atoms with Gasteiger partial charge in [0.2, 0.25) is 0 Å². The van der Waals surface area contributed by atoms with Crippen LogP contribution in [0.5, 0.6) is 5.75 Å². The third-order valence-electron chi connectivity index (χ3n) is 2.54. The van der Waals surface area contributed by atoms with E-state index < -0.39 is 10.0 Å². The van der Waals surface area contributed by atoms with Crippen LogP contribution in [0, 0.1) is 0 Å². The van der Waals surface area contributed by atoms with Gasteiger partial charge in [0.15, 0.2) is 0 Å². The van der Waals surface area contributed by atoms with Crippen molar-refractivity contribution in [2.45, 2.75) is 11.5 Å². The van der Waals surface area contributed by atoms with Crippen molar-refractivity contribution < 1.29 is 18.3 Å². The number of aliphatic hydroxyl groups is 1. The smallest absolute Gasteiger partial charge is 0.263 e. The molecule has 8 heteroatoms. The predicted octanol–water partition coefficient (Wildman–Crippen LogP) is 2.81. The van der Waals surface area contributed by atoms with Crippen molar-refractivity contribution in [3.63, 3.8) is 0 Å². The molecule has 5 nitrogen and oxygen atoms in total. The summed E-state index contributed by atoms with van der Waals surface area (Å²) in [7, 11) is -2.30. The van der Waals surface area contributed by atoms with Crippen LogP contribution < -0.4 is 9.46 Å². The van der Waals surface area contributed by atoms with E-state index in [4.69, 9.17) is 9.84 Å². The van der Waals surface area contributed by atoms with Gasteiger partial charge in [-0.05, 0) is 29.6 Å². The Morgan fingerprint density at radius 2 is 2.15 bits per heavy atom. The maximum atomic E-state index is 12.3. The molecule has 1 aromatic carbocycles. The van der Waals surface area contributed by atoms with E-state index in [1.807, 2.05) is 0 Å². The summed E-state index contributed by atoms with van der Waals surface area (Å²) in [5.74, 6) is 0.414. The molecule has 0 saturated heterocycles. The molecular formula is C12H12BrNO4S2. The normalized spacial score (nSPS) is 11.3. The largest absolute Gasteiger partial charge is 0.495 e. The summed E-state index contributed by atoms with van der Waals surface area (Å²) in [4.78, 5) is 0.471. The SMILES string of the molecule is COc1ccc(Br)cc1NS(=O)(=O)c1ccsc1CO. The molecule has 0 spiro atoms. The average molecular weight is 378 g/mol. The quantitative estimate of drug-likeness (QED) is 0.839. The van der Waals surface area contributed by atoms with Crippen LogP contribution in [0.25, 0.3) is 0 Å². The van der Waals surface area contributed by atoms with E-state index in [1.54, 1.807) is 23.6 Å². The van der Waals surface area contributed by atoms with Gasteiger partial charge in [-0.3, -0.25) is 4.72 Å². The van der Waals surface area contributed by atoms with Gasteiger partial charge in [0, 0.05) is 4.47 Å². The number of ether oxygens (including phenoxy) is 1. The van der Waals surface area contributed by atoms with Gasteiger partial charge in [-0.2, -0.15) is 0 Å². The lowest BCUT2D eigenvalue weighted by atomic mass is 10.3. The number of benzene rings is 1. The first kappa shape index (κ1) is 15.3. The number of thiophene rings is 1. The van der Waals surface area contributed by atoms with Gasteiger partial charge >= 0.3 is 0 Å². The molecule has 0 unspecified atom stereocenters. The molecule has 0 bridgehead atoms. The number of rotatable bonds is 5. The monoisotopic (exact) mass is 377 g/mol. The Morgan fingerprint density at radius 3 is 2.80 bits per heavy atom. The summed E-state index contributed by atoms with van der Waals surface area (Å²) in [6, 6.07) is 6.48. The molecule has 1 heterocycles. The highest BCUT2D eigenvalue weighted by atomic mass is 79.9. The first-order valence-electron chi connectivity index (χ1n) is 5.51. The van der Waals surface area contributed by atoms with Gasteiger partial charge in [-0.15, -0.1) is 11.3 Å². The maximum absolute atomic E-state index is 12.3. The average Bonchev–Trinajstić information content (AvgIpc) is 2.87. The number of hydrogen-bond donors (Lipinski definition) is 2. The molecule has 20 heavy (non-hydrogen) atoms. The van der Waals surface area contributed by atoms with Crippen molar-refractivity contribution in [2.75, 3.05) is 11.8 Å². The Morgan fingerprint density at radius 1 is 1.40 bits per heavy atom. The lowest BCUT2D eigenvalue weighted by molar-refractivity contribution is 0.282. The Labute approximate surface area is 129 Å². The van der Waals surface area contributed by atoms with Crippen LogP contribution >= 0.6 is 27.3 Å². The Kier molecular flexibility index (Phi) is 4.69. The number of nitrogens with one attached hydrogen (secondary N) is 1. The Hall–Kier alpha value is -1.09. The Balaban J connectivity index is 2.41. The van der Waals surface area contributed by atoms with E-state index in [1.165, 1.54) is 24.5 Å². The van der Waals surface area contributed by atoms with Gasteiger partial charge in [-0.1, -0.05) is 15.9 Å². The zero-order chi connectivity index (χ0) is 14.8. The lowest BCUT2D eigenvalue weighted by Gasteiger charge is -2.12. The van der Waals surface area contributed by atoms with E-state index >= 15 is 0 Å². The molecule has 0 aliphatic carbocycles. The van der Waals surface area contributed by atoms with E-state index in [0.717, 1.165) is 4.47 Å². The minimum atomic E-state index is -3.76. The maximum Gasteiger partial charge on any atom is 0.263 e. The van der Waals surface area contributed by atoms with Gasteiger partial charge in [0.05, 0.1) is 24.3 Å². The molecule has 0 amide bonds. The molecule has 108 valence electrons. The zero-order valence-corrected chi connectivity index (χ0v) is 13.7. The molecule has 0 aliphatic rings. The van der Waals surface area contributed by atoms with Gasteiger partial charge < -0.3 is 9.84 Å². The van der Waals surface area contributed by atoms with Gasteiger partial charge in [0.1, 0.15) is 10.6 Å². The highest BCUT2D eigenvalue weighted by Crippen LogP contribution is 2.31. The second-order valence-electron chi connectivity index (χ2n) is 3.82. The second kappa shape index (κ2) is 6.13. The fraction of sp³-hybridized carbons (Fsp3) is 0.167. The summed E-state index contributed by atoms with van der Waals surface area (Å²) in [6.45, 7) is -0.316. The van der Waals surface area contributed by atoms with Crippen molar-refractivity contribution in [3.8, 4) is 5.75 Å². The van der Waals surface area contributed by atoms with Crippen molar-refractivity contribution in [2.24, 2.45) is 0 Å². The van der Waals surface area contributed by atoms with E-state index in [9.17, 15) is 8.42 Å². The van der Waals surface area contributed by atoms with Crippen LogP contribution in [0.4, 0.5) is 5.69 Å². The standard InChI is InChI=1S/C12H12BrNO4S2/c1-18-10-3-2-8(13)6-9(10)14-20(16,17)12-4-5-19-11(12)7-15/h2-6,14-15H,7H2,1H3. The molecule has 0 saturated carbocycles. The minimum absolute atomic E-state index is 0.0760. The van der Waals surface area contributed by atoms with Crippen molar-refractivity contribution in [3.05, 3.63) is 39.0 Å². The van der Waals surface area contributed by atoms with Crippen molar-refractivity contribution in [1.82, 2.24) is 0 Å². The highest BCUT2D eigenvalue weighted by Gasteiger charge is 2.21. The third kappa shape index (κ3) is 3.14. The van der Waals surface area contributed by atoms with E-state index in [2.05, 4.69) is 20.7 Å². The topological polar surface area (TPSA) is 75.6 Å². The summed E-state index contributed by atoms with van der Waals surface area (Å²) >= 11 is 4.47. The predicted molar refractivity (Wildman–Crippen MR) is 81.7 cm³/mol. The lowest BCUT2D eigenvalue weighted by Crippen LogP contribution is -2.14. The molecule has 0 radical (unpaired) electrons. The molecule has 2 aromatic rings. The molecular weight excluding hydrogens is 366 g/mol. The second-order valence-corrected chi connectivity index (χ2v) is 7.38. The number of halogens is 1. The summed E-state index contributed by atoms with van der Waals surface area (Å²) in [5, 5.41) is 10.8. The molecule has 0 fully saturated rings. The van der Waals surface area contributed by atoms with E-state index in [-0.39, 0.29) is 11.5 Å². The van der Waals surface area contributed by atoms with Crippen LogP contribution in [-0.4, -0.2) is 20.6 Å². The fourth-order valence-corrected chi connectivity index (χ4v) is 4.36. The molecule has 2 N–H and O–H groups in total. The van der Waals surface area contributed by atoms with E-state index in [0.29, 0.717) is 16.3 Å². The van der Waals surface area contributed by atoms with Crippen LogP contribution in [0.3, 0.4) is 0 Å². The number of sulfonamides is 1. The highest BCUT2D eigenvalue weighted by molar-refractivity contribution is 9.10.